The molecule has 0 spiro atoms. The summed E-state index contributed by atoms with van der Waals surface area (Å²) in [5.74, 6) is 0.427. The predicted octanol–water partition coefficient (Wildman–Crippen LogP) is 3.83. The van der Waals surface area contributed by atoms with Gasteiger partial charge >= 0.3 is 6.03 Å². The molecule has 31 heavy (non-hydrogen) atoms. The van der Waals surface area contributed by atoms with Crippen molar-refractivity contribution in [1.82, 2.24) is 5.32 Å². The first-order valence-electron chi connectivity index (χ1n) is 9.86. The van der Waals surface area contributed by atoms with E-state index in [1.165, 1.54) is 14.2 Å². The van der Waals surface area contributed by atoms with E-state index in [0.717, 1.165) is 11.3 Å². The maximum Gasteiger partial charge on any atom is 0.329 e. The number of hydrogen-bond acceptors (Lipinski definition) is 5. The molecular formula is C22H26BrN3O5. The van der Waals surface area contributed by atoms with Crippen LogP contribution in [0.4, 0.5) is 16.2 Å². The van der Waals surface area contributed by atoms with Crippen LogP contribution in [0.5, 0.6) is 11.5 Å². The minimum absolute atomic E-state index is 0.216. The zero-order chi connectivity index (χ0) is 22.8. The molecule has 0 saturated heterocycles. The minimum atomic E-state index is -2.31. The lowest BCUT2D eigenvalue weighted by molar-refractivity contribution is -0.140. The average molecular weight is 492 g/mol. The summed E-state index contributed by atoms with van der Waals surface area (Å²) in [6, 6.07) is 9.06. The van der Waals surface area contributed by atoms with Gasteiger partial charge in [0.1, 0.15) is 11.5 Å². The van der Waals surface area contributed by atoms with Crippen LogP contribution >= 0.6 is 15.9 Å². The Morgan fingerprint density at radius 3 is 2.61 bits per heavy atom. The van der Waals surface area contributed by atoms with E-state index >= 15 is 0 Å². The standard InChI is InChI=1S/C22H26BrN3O5/c1-13(2)9-10-24-20(27)22(29)16-11-14(23)5-7-17(16)25-21(28)26(22)18-8-6-15(30-3)12-19(18)31-4/h5-8,11-13,29H,9-10H2,1-4H3,(H,24,27)(H,25,28)/t22-/m0/s1. The summed E-state index contributed by atoms with van der Waals surface area (Å²) in [4.78, 5) is 27.5. The summed E-state index contributed by atoms with van der Waals surface area (Å²) < 4.78 is 11.3. The molecule has 0 aromatic heterocycles. The summed E-state index contributed by atoms with van der Waals surface area (Å²) in [6.45, 7) is 4.43. The van der Waals surface area contributed by atoms with E-state index < -0.39 is 17.7 Å². The molecule has 1 atom stereocenters. The molecule has 0 aliphatic carbocycles. The fourth-order valence-corrected chi connectivity index (χ4v) is 3.79. The summed E-state index contributed by atoms with van der Waals surface area (Å²) >= 11 is 3.39. The Balaban J connectivity index is 2.16. The van der Waals surface area contributed by atoms with Crippen LogP contribution < -0.4 is 25.0 Å². The highest BCUT2D eigenvalue weighted by atomic mass is 79.9. The molecule has 2 aromatic carbocycles. The molecule has 8 nitrogen and oxygen atoms in total. The number of methoxy groups -OCH3 is 2. The highest BCUT2D eigenvalue weighted by Gasteiger charge is 2.52. The van der Waals surface area contributed by atoms with Gasteiger partial charge in [-0.1, -0.05) is 29.8 Å². The fourth-order valence-electron chi connectivity index (χ4n) is 3.43. The molecule has 0 radical (unpaired) electrons. The van der Waals surface area contributed by atoms with Gasteiger partial charge < -0.3 is 25.2 Å². The highest BCUT2D eigenvalue weighted by Crippen LogP contribution is 2.44. The summed E-state index contributed by atoms with van der Waals surface area (Å²) in [5, 5.41) is 17.4. The van der Waals surface area contributed by atoms with Crippen molar-refractivity contribution < 1.29 is 24.2 Å². The molecule has 2 aromatic rings. The SMILES string of the molecule is COc1ccc(N2C(=O)Nc3ccc(Br)cc3[C@]2(O)C(=O)NCCC(C)C)c(OC)c1. The Labute approximate surface area is 189 Å². The van der Waals surface area contributed by atoms with E-state index in [2.05, 4.69) is 26.6 Å². The first-order chi connectivity index (χ1) is 14.7. The number of aliphatic hydroxyl groups is 1. The van der Waals surface area contributed by atoms with Crippen molar-refractivity contribution in [3.8, 4) is 11.5 Å². The fraction of sp³-hybridized carbons (Fsp3) is 0.364. The summed E-state index contributed by atoms with van der Waals surface area (Å²) in [6.07, 6.45) is 0.727. The third kappa shape index (κ3) is 4.33. The van der Waals surface area contributed by atoms with E-state index in [-0.39, 0.29) is 17.0 Å². The molecule has 1 aliphatic rings. The average Bonchev–Trinajstić information content (AvgIpc) is 2.74. The Bertz CT molecular complexity index is 997. The van der Waals surface area contributed by atoms with Gasteiger partial charge in [-0.25, -0.2) is 9.69 Å². The second kappa shape index (κ2) is 9.15. The number of halogens is 1. The number of carbonyl (C=O) groups is 2. The van der Waals surface area contributed by atoms with Crippen LogP contribution in [0.15, 0.2) is 40.9 Å². The lowest BCUT2D eigenvalue weighted by Crippen LogP contribution is -2.62. The van der Waals surface area contributed by atoms with Crippen molar-refractivity contribution >= 4 is 39.2 Å². The Hall–Kier alpha value is -2.78. The summed E-state index contributed by atoms with van der Waals surface area (Å²) in [7, 11) is 2.95. The maximum absolute atomic E-state index is 13.4. The number of urea groups is 1. The third-order valence-corrected chi connectivity index (χ3v) is 5.57. The normalized spacial score (nSPS) is 17.8. The maximum atomic E-state index is 13.4. The molecule has 166 valence electrons. The van der Waals surface area contributed by atoms with Crippen molar-refractivity contribution in [1.29, 1.82) is 0 Å². The summed E-state index contributed by atoms with van der Waals surface area (Å²) in [5.41, 5.74) is -1.51. The van der Waals surface area contributed by atoms with Crippen molar-refractivity contribution in [2.75, 3.05) is 31.0 Å². The van der Waals surface area contributed by atoms with E-state index in [0.29, 0.717) is 28.4 Å². The van der Waals surface area contributed by atoms with Crippen LogP contribution in [0.25, 0.3) is 0 Å². The van der Waals surface area contributed by atoms with Gasteiger partial charge in [0.05, 0.1) is 25.6 Å². The van der Waals surface area contributed by atoms with E-state index in [1.54, 1.807) is 36.4 Å². The molecule has 1 heterocycles. The molecular weight excluding hydrogens is 466 g/mol. The molecule has 3 rings (SSSR count). The number of hydrogen-bond donors (Lipinski definition) is 3. The van der Waals surface area contributed by atoms with Crippen LogP contribution in [0.1, 0.15) is 25.8 Å². The molecule has 3 amide bonds. The lowest BCUT2D eigenvalue weighted by Gasteiger charge is -2.43. The van der Waals surface area contributed by atoms with Gasteiger partial charge in [0.2, 0.25) is 0 Å². The predicted molar refractivity (Wildman–Crippen MR) is 122 cm³/mol. The Morgan fingerprint density at radius 2 is 1.97 bits per heavy atom. The number of nitrogens with one attached hydrogen (secondary N) is 2. The molecule has 9 heteroatoms. The number of benzene rings is 2. The van der Waals surface area contributed by atoms with Crippen LogP contribution in [-0.2, 0) is 10.5 Å². The molecule has 0 fully saturated rings. The monoisotopic (exact) mass is 491 g/mol. The number of anilines is 2. The second-order valence-electron chi connectivity index (χ2n) is 7.60. The highest BCUT2D eigenvalue weighted by molar-refractivity contribution is 9.10. The number of rotatable bonds is 7. The smallest absolute Gasteiger partial charge is 0.329 e. The molecule has 1 aliphatic heterocycles. The van der Waals surface area contributed by atoms with E-state index in [1.807, 2.05) is 13.8 Å². The molecule has 0 saturated carbocycles. The topological polar surface area (TPSA) is 100 Å². The number of carbonyl (C=O) groups excluding carboxylic acids is 2. The lowest BCUT2D eigenvalue weighted by atomic mass is 9.94. The Morgan fingerprint density at radius 1 is 1.23 bits per heavy atom. The first kappa shape index (κ1) is 22.9. The van der Waals surface area contributed by atoms with Crippen molar-refractivity contribution in [2.45, 2.75) is 26.0 Å². The van der Waals surface area contributed by atoms with Crippen molar-refractivity contribution in [2.24, 2.45) is 5.92 Å². The van der Waals surface area contributed by atoms with Crippen LogP contribution in [0.3, 0.4) is 0 Å². The zero-order valence-corrected chi connectivity index (χ0v) is 19.4. The van der Waals surface area contributed by atoms with E-state index in [9.17, 15) is 14.7 Å². The van der Waals surface area contributed by atoms with Gasteiger partial charge in [-0.3, -0.25) is 4.79 Å². The van der Waals surface area contributed by atoms with Gasteiger partial charge in [0.25, 0.3) is 11.6 Å². The quantitative estimate of drug-likeness (QED) is 0.546. The zero-order valence-electron chi connectivity index (χ0n) is 17.9. The molecule has 3 N–H and O–H groups in total. The Kier molecular flexibility index (Phi) is 6.76. The van der Waals surface area contributed by atoms with E-state index in [4.69, 9.17) is 9.47 Å². The first-order valence-corrected chi connectivity index (χ1v) is 10.7. The number of amides is 3. The minimum Gasteiger partial charge on any atom is -0.497 e. The second-order valence-corrected chi connectivity index (χ2v) is 8.52. The van der Waals surface area contributed by atoms with Gasteiger partial charge in [0.15, 0.2) is 0 Å². The van der Waals surface area contributed by atoms with Crippen molar-refractivity contribution in [3.05, 3.63) is 46.4 Å². The van der Waals surface area contributed by atoms with Crippen LogP contribution in [0, 0.1) is 5.92 Å². The van der Waals surface area contributed by atoms with Crippen molar-refractivity contribution in [3.63, 3.8) is 0 Å². The van der Waals surface area contributed by atoms with Crippen LogP contribution in [0.2, 0.25) is 0 Å². The number of nitrogens with zero attached hydrogens (tertiary/aromatic N) is 1. The van der Waals surface area contributed by atoms with Gasteiger partial charge in [-0.2, -0.15) is 0 Å². The van der Waals surface area contributed by atoms with Gasteiger partial charge in [0, 0.05) is 22.6 Å². The van der Waals surface area contributed by atoms with Crippen LogP contribution in [-0.4, -0.2) is 37.8 Å². The number of fused-ring (bicyclic) bond motifs is 1. The molecule has 0 unspecified atom stereocenters. The molecule has 0 bridgehead atoms. The largest absolute Gasteiger partial charge is 0.497 e. The van der Waals surface area contributed by atoms with Gasteiger partial charge in [-0.05, 0) is 42.7 Å². The van der Waals surface area contributed by atoms with Gasteiger partial charge in [-0.15, -0.1) is 0 Å². The number of ether oxygens (including phenoxy) is 2. The third-order valence-electron chi connectivity index (χ3n) is 5.08.